The second-order valence-electron chi connectivity index (χ2n) is 6.83. The van der Waals surface area contributed by atoms with Crippen LogP contribution in [0.2, 0.25) is 0 Å². The van der Waals surface area contributed by atoms with Crippen molar-refractivity contribution in [1.29, 1.82) is 0 Å². The van der Waals surface area contributed by atoms with Crippen molar-refractivity contribution < 1.29 is 0 Å². The van der Waals surface area contributed by atoms with Gasteiger partial charge in [-0.3, -0.25) is 9.97 Å². The number of nitrogens with zero attached hydrogens (tertiary/aromatic N) is 4. The number of aromatic nitrogens is 4. The molecule has 0 spiro atoms. The van der Waals surface area contributed by atoms with Gasteiger partial charge >= 0.3 is 0 Å². The summed E-state index contributed by atoms with van der Waals surface area (Å²) < 4.78 is 0. The van der Waals surface area contributed by atoms with E-state index < -0.39 is 0 Å². The lowest BCUT2D eigenvalue weighted by Crippen LogP contribution is -2.18. The quantitative estimate of drug-likeness (QED) is 0.665. The van der Waals surface area contributed by atoms with E-state index in [0.717, 1.165) is 30.2 Å². The third-order valence-corrected chi connectivity index (χ3v) is 4.81. The molecule has 1 fully saturated rings. The van der Waals surface area contributed by atoms with Crippen molar-refractivity contribution in [2.75, 3.05) is 17.2 Å². The summed E-state index contributed by atoms with van der Waals surface area (Å²) >= 11 is 0. The van der Waals surface area contributed by atoms with Gasteiger partial charge in [-0.25, -0.2) is 4.98 Å². The maximum absolute atomic E-state index is 4.70. The van der Waals surface area contributed by atoms with Crippen molar-refractivity contribution in [3.63, 3.8) is 0 Å². The molecule has 6 nitrogen and oxygen atoms in total. The highest BCUT2D eigenvalue weighted by Crippen LogP contribution is 2.24. The molecule has 4 rings (SSSR count). The Morgan fingerprint density at radius 3 is 2.56 bits per heavy atom. The van der Waals surface area contributed by atoms with E-state index in [0.29, 0.717) is 12.0 Å². The summed E-state index contributed by atoms with van der Waals surface area (Å²) in [7, 11) is 0. The summed E-state index contributed by atoms with van der Waals surface area (Å²) in [6, 6.07) is 12.4. The molecule has 3 heterocycles. The first-order chi connectivity index (χ1) is 13.4. The van der Waals surface area contributed by atoms with E-state index in [1.807, 2.05) is 48.8 Å². The smallest absolute Gasteiger partial charge is 0.225 e. The molecule has 138 valence electrons. The van der Waals surface area contributed by atoms with Crippen molar-refractivity contribution in [2.24, 2.45) is 0 Å². The minimum absolute atomic E-state index is 0.466. The minimum Gasteiger partial charge on any atom is -0.370 e. The zero-order valence-electron chi connectivity index (χ0n) is 15.3. The second-order valence-corrected chi connectivity index (χ2v) is 6.83. The SMILES string of the molecule is c1ccc(-c2cc(NCCc3ccncc3)nc(NC3CCCC3)n2)nc1. The van der Waals surface area contributed by atoms with Crippen LogP contribution in [0, 0.1) is 0 Å². The van der Waals surface area contributed by atoms with E-state index in [9.17, 15) is 0 Å². The van der Waals surface area contributed by atoms with Crippen molar-refractivity contribution in [3.05, 3.63) is 60.6 Å². The largest absolute Gasteiger partial charge is 0.370 e. The molecule has 0 aromatic carbocycles. The fraction of sp³-hybridized carbons (Fsp3) is 0.333. The van der Waals surface area contributed by atoms with E-state index in [1.54, 1.807) is 6.20 Å². The van der Waals surface area contributed by atoms with Gasteiger partial charge in [-0.15, -0.1) is 0 Å². The standard InChI is InChI=1S/C21H24N6/c1-2-6-17(5-1)25-21-26-19(18-7-3-4-11-23-18)15-20(27-21)24-14-10-16-8-12-22-13-9-16/h3-4,7-9,11-13,15,17H,1-2,5-6,10,14H2,(H2,24,25,26,27). The predicted octanol–water partition coefficient (Wildman–Crippen LogP) is 3.94. The number of hydrogen-bond donors (Lipinski definition) is 2. The molecular formula is C21H24N6. The minimum atomic E-state index is 0.466. The van der Waals surface area contributed by atoms with Crippen LogP contribution >= 0.6 is 0 Å². The monoisotopic (exact) mass is 360 g/mol. The van der Waals surface area contributed by atoms with Crippen LogP contribution in [0.15, 0.2) is 55.0 Å². The van der Waals surface area contributed by atoms with Crippen LogP contribution in [0.4, 0.5) is 11.8 Å². The Morgan fingerprint density at radius 1 is 0.926 bits per heavy atom. The maximum atomic E-state index is 4.70. The van der Waals surface area contributed by atoms with Gasteiger partial charge in [0.05, 0.1) is 11.4 Å². The molecule has 3 aromatic heterocycles. The van der Waals surface area contributed by atoms with Gasteiger partial charge in [-0.05, 0) is 49.1 Å². The van der Waals surface area contributed by atoms with Gasteiger partial charge in [0, 0.05) is 37.2 Å². The van der Waals surface area contributed by atoms with Crippen molar-refractivity contribution >= 4 is 11.8 Å². The number of hydrogen-bond acceptors (Lipinski definition) is 6. The van der Waals surface area contributed by atoms with Crippen molar-refractivity contribution in [1.82, 2.24) is 19.9 Å². The van der Waals surface area contributed by atoms with Crippen LogP contribution < -0.4 is 10.6 Å². The average molecular weight is 360 g/mol. The maximum Gasteiger partial charge on any atom is 0.225 e. The molecule has 0 unspecified atom stereocenters. The predicted molar refractivity (Wildman–Crippen MR) is 108 cm³/mol. The first-order valence-corrected chi connectivity index (χ1v) is 9.56. The summed E-state index contributed by atoms with van der Waals surface area (Å²) in [4.78, 5) is 17.9. The molecule has 3 aromatic rings. The molecule has 0 atom stereocenters. The Labute approximate surface area is 159 Å². The number of rotatable bonds is 7. The molecule has 6 heteroatoms. The summed E-state index contributed by atoms with van der Waals surface area (Å²) in [5.74, 6) is 1.50. The third kappa shape index (κ3) is 4.78. The highest BCUT2D eigenvalue weighted by Gasteiger charge is 2.17. The molecule has 0 saturated heterocycles. The molecule has 1 saturated carbocycles. The fourth-order valence-corrected chi connectivity index (χ4v) is 3.38. The van der Waals surface area contributed by atoms with Gasteiger partial charge in [0.15, 0.2) is 0 Å². The highest BCUT2D eigenvalue weighted by atomic mass is 15.2. The van der Waals surface area contributed by atoms with Gasteiger partial charge in [-0.1, -0.05) is 18.9 Å². The zero-order chi connectivity index (χ0) is 18.3. The third-order valence-electron chi connectivity index (χ3n) is 4.81. The van der Waals surface area contributed by atoms with Crippen LogP contribution in [0.1, 0.15) is 31.2 Å². The second kappa shape index (κ2) is 8.58. The Kier molecular flexibility index (Phi) is 5.53. The summed E-state index contributed by atoms with van der Waals surface area (Å²) in [6.45, 7) is 0.797. The fourth-order valence-electron chi connectivity index (χ4n) is 3.38. The molecule has 0 aliphatic heterocycles. The average Bonchev–Trinajstić information content (AvgIpc) is 3.22. The molecule has 2 N–H and O–H groups in total. The van der Waals surface area contributed by atoms with E-state index in [-0.39, 0.29) is 0 Å². The van der Waals surface area contributed by atoms with Gasteiger partial charge < -0.3 is 10.6 Å². The molecule has 1 aliphatic carbocycles. The lowest BCUT2D eigenvalue weighted by molar-refractivity contribution is 0.744. The molecular weight excluding hydrogens is 336 g/mol. The van der Waals surface area contributed by atoms with Crippen molar-refractivity contribution in [3.8, 4) is 11.4 Å². The van der Waals surface area contributed by atoms with Crippen LogP contribution in [-0.2, 0) is 6.42 Å². The lowest BCUT2D eigenvalue weighted by atomic mass is 10.2. The number of nitrogens with one attached hydrogen (secondary N) is 2. The van der Waals surface area contributed by atoms with Crippen molar-refractivity contribution in [2.45, 2.75) is 38.1 Å². The van der Waals surface area contributed by atoms with Crippen LogP contribution in [0.5, 0.6) is 0 Å². The molecule has 0 bridgehead atoms. The number of pyridine rings is 2. The molecule has 1 aliphatic rings. The zero-order valence-corrected chi connectivity index (χ0v) is 15.3. The topological polar surface area (TPSA) is 75.6 Å². The van der Waals surface area contributed by atoms with E-state index in [2.05, 4.69) is 25.6 Å². The molecule has 0 amide bonds. The Hall–Kier alpha value is -3.02. The van der Waals surface area contributed by atoms with Gasteiger partial charge in [0.2, 0.25) is 5.95 Å². The first-order valence-electron chi connectivity index (χ1n) is 9.56. The van der Waals surface area contributed by atoms with Crippen LogP contribution in [-0.4, -0.2) is 32.5 Å². The van der Waals surface area contributed by atoms with E-state index >= 15 is 0 Å². The lowest BCUT2D eigenvalue weighted by Gasteiger charge is -2.14. The van der Waals surface area contributed by atoms with Gasteiger partial charge in [0.25, 0.3) is 0 Å². The van der Waals surface area contributed by atoms with Crippen LogP contribution in [0.3, 0.4) is 0 Å². The highest BCUT2D eigenvalue weighted by molar-refractivity contribution is 5.61. The van der Waals surface area contributed by atoms with Gasteiger partial charge in [-0.2, -0.15) is 4.98 Å². The molecule has 27 heavy (non-hydrogen) atoms. The molecule has 0 radical (unpaired) electrons. The van der Waals surface area contributed by atoms with E-state index in [1.165, 1.54) is 31.2 Å². The number of anilines is 2. The Morgan fingerprint density at radius 2 is 1.78 bits per heavy atom. The Balaban J connectivity index is 1.51. The van der Waals surface area contributed by atoms with E-state index in [4.69, 9.17) is 4.98 Å². The normalized spacial score (nSPS) is 14.2. The van der Waals surface area contributed by atoms with Gasteiger partial charge in [0.1, 0.15) is 5.82 Å². The Bertz CT molecular complexity index is 847. The van der Waals surface area contributed by atoms with Crippen LogP contribution in [0.25, 0.3) is 11.4 Å². The first kappa shape index (κ1) is 17.4. The summed E-state index contributed by atoms with van der Waals surface area (Å²) in [5, 5.41) is 6.93. The summed E-state index contributed by atoms with van der Waals surface area (Å²) in [5.41, 5.74) is 2.94. The summed E-state index contributed by atoms with van der Waals surface area (Å²) in [6.07, 6.45) is 11.3.